The second-order valence-corrected chi connectivity index (χ2v) is 7.36. The van der Waals surface area contributed by atoms with Gasteiger partial charge in [-0.3, -0.25) is 4.79 Å². The van der Waals surface area contributed by atoms with Crippen LogP contribution in [0.2, 0.25) is 5.02 Å². The number of nitrogens with zero attached hydrogens (tertiary/aromatic N) is 2. The average Bonchev–Trinajstić information content (AvgIpc) is 2.62. The molecular weight excluding hydrogens is 359 g/mol. The van der Waals surface area contributed by atoms with Gasteiger partial charge in [-0.15, -0.1) is 11.8 Å². The second-order valence-electron chi connectivity index (χ2n) is 5.94. The summed E-state index contributed by atoms with van der Waals surface area (Å²) >= 11 is 7.56. The fraction of sp³-hybridized carbons (Fsp3) is 0.316. The van der Waals surface area contributed by atoms with Gasteiger partial charge >= 0.3 is 0 Å². The second kappa shape index (κ2) is 8.59. The third kappa shape index (κ3) is 4.89. The molecule has 0 saturated carbocycles. The molecule has 0 aromatic heterocycles. The number of carbonyl (C=O) groups excluding carboxylic acids is 1. The van der Waals surface area contributed by atoms with Crippen LogP contribution in [0, 0.1) is 5.82 Å². The molecule has 2 aromatic carbocycles. The Kier molecular flexibility index (Phi) is 6.21. The van der Waals surface area contributed by atoms with Gasteiger partial charge in [0.2, 0.25) is 5.91 Å². The number of carbonyl (C=O) groups is 1. The molecule has 1 aliphatic rings. The highest BCUT2D eigenvalue weighted by Crippen LogP contribution is 2.21. The summed E-state index contributed by atoms with van der Waals surface area (Å²) in [6.07, 6.45) is 0. The minimum absolute atomic E-state index is 0.139. The van der Waals surface area contributed by atoms with Crippen LogP contribution in [0.4, 0.5) is 10.1 Å². The van der Waals surface area contributed by atoms with Crippen molar-refractivity contribution >= 4 is 35.0 Å². The van der Waals surface area contributed by atoms with Crippen molar-refractivity contribution in [1.29, 1.82) is 0 Å². The minimum atomic E-state index is -0.209. The van der Waals surface area contributed by atoms with Crippen molar-refractivity contribution in [3.63, 3.8) is 0 Å². The van der Waals surface area contributed by atoms with Crippen molar-refractivity contribution in [3.05, 3.63) is 64.9 Å². The SMILES string of the molecule is O=C(CSCc1cccc(Cl)c1)N1CCN(c2ccccc2F)CC1. The fourth-order valence-corrected chi connectivity index (χ4v) is 3.97. The standard InChI is InChI=1S/C19H20ClFN2OS/c20-16-5-3-4-15(12-16)13-25-14-19(24)23-10-8-22(9-11-23)18-7-2-1-6-17(18)21/h1-7,12H,8-11,13-14H2. The van der Waals surface area contributed by atoms with Crippen molar-refractivity contribution in [2.24, 2.45) is 0 Å². The zero-order valence-corrected chi connectivity index (χ0v) is 15.4. The van der Waals surface area contributed by atoms with Gasteiger partial charge in [0.05, 0.1) is 11.4 Å². The molecule has 3 rings (SSSR count). The molecule has 0 aliphatic carbocycles. The molecule has 0 bridgehead atoms. The van der Waals surface area contributed by atoms with Gasteiger partial charge in [0.25, 0.3) is 0 Å². The molecule has 1 saturated heterocycles. The van der Waals surface area contributed by atoms with Gasteiger partial charge in [0.1, 0.15) is 5.82 Å². The highest BCUT2D eigenvalue weighted by molar-refractivity contribution is 7.99. The molecule has 1 fully saturated rings. The van der Waals surface area contributed by atoms with E-state index in [2.05, 4.69) is 0 Å². The highest BCUT2D eigenvalue weighted by atomic mass is 35.5. The molecule has 0 spiro atoms. The zero-order chi connectivity index (χ0) is 17.6. The van der Waals surface area contributed by atoms with Crippen LogP contribution in [0.5, 0.6) is 0 Å². The maximum Gasteiger partial charge on any atom is 0.232 e. The number of piperazine rings is 1. The van der Waals surface area contributed by atoms with Crippen LogP contribution in [0.3, 0.4) is 0 Å². The maximum atomic E-state index is 13.9. The summed E-state index contributed by atoms with van der Waals surface area (Å²) in [4.78, 5) is 16.2. The summed E-state index contributed by atoms with van der Waals surface area (Å²) in [6.45, 7) is 2.58. The predicted octanol–water partition coefficient (Wildman–Crippen LogP) is 4.06. The Labute approximate surface area is 156 Å². The van der Waals surface area contributed by atoms with E-state index in [0.717, 1.165) is 11.3 Å². The molecule has 0 atom stereocenters. The lowest BCUT2D eigenvalue weighted by Crippen LogP contribution is -2.49. The van der Waals surface area contributed by atoms with E-state index in [4.69, 9.17) is 11.6 Å². The van der Waals surface area contributed by atoms with Crippen molar-refractivity contribution in [3.8, 4) is 0 Å². The fourth-order valence-electron chi connectivity index (χ4n) is 2.88. The summed E-state index contributed by atoms with van der Waals surface area (Å²) < 4.78 is 13.9. The number of thioether (sulfide) groups is 1. The molecule has 2 aromatic rings. The molecule has 25 heavy (non-hydrogen) atoms. The first-order valence-corrected chi connectivity index (χ1v) is 9.76. The summed E-state index contributed by atoms with van der Waals surface area (Å²) in [5, 5.41) is 0.716. The lowest BCUT2D eigenvalue weighted by Gasteiger charge is -2.36. The van der Waals surface area contributed by atoms with Crippen molar-refractivity contribution < 1.29 is 9.18 Å². The molecule has 6 heteroatoms. The van der Waals surface area contributed by atoms with Crippen molar-refractivity contribution in [2.75, 3.05) is 36.8 Å². The van der Waals surface area contributed by atoms with E-state index >= 15 is 0 Å². The lowest BCUT2D eigenvalue weighted by atomic mass is 10.2. The lowest BCUT2D eigenvalue weighted by molar-refractivity contribution is -0.128. The Morgan fingerprint density at radius 1 is 1.08 bits per heavy atom. The summed E-state index contributed by atoms with van der Waals surface area (Å²) in [6, 6.07) is 14.5. The van der Waals surface area contributed by atoms with Gasteiger partial charge in [0.15, 0.2) is 0 Å². The first-order valence-electron chi connectivity index (χ1n) is 8.23. The smallest absolute Gasteiger partial charge is 0.232 e. The molecule has 1 heterocycles. The van der Waals surface area contributed by atoms with Crippen LogP contribution in [-0.4, -0.2) is 42.7 Å². The molecule has 0 unspecified atom stereocenters. The van der Waals surface area contributed by atoms with E-state index in [-0.39, 0.29) is 11.7 Å². The third-order valence-electron chi connectivity index (χ3n) is 4.21. The first-order chi connectivity index (χ1) is 12.1. The van der Waals surface area contributed by atoms with E-state index in [1.54, 1.807) is 23.9 Å². The average molecular weight is 379 g/mol. The van der Waals surface area contributed by atoms with Crippen LogP contribution < -0.4 is 4.90 Å². The number of rotatable bonds is 5. The number of para-hydroxylation sites is 1. The van der Waals surface area contributed by atoms with Crippen molar-refractivity contribution in [2.45, 2.75) is 5.75 Å². The zero-order valence-electron chi connectivity index (χ0n) is 13.8. The Morgan fingerprint density at radius 2 is 1.84 bits per heavy atom. The van der Waals surface area contributed by atoms with E-state index in [9.17, 15) is 9.18 Å². The monoisotopic (exact) mass is 378 g/mol. The van der Waals surface area contributed by atoms with Gasteiger partial charge in [-0.1, -0.05) is 35.9 Å². The summed E-state index contributed by atoms with van der Waals surface area (Å²) in [5.74, 6) is 1.15. The largest absolute Gasteiger partial charge is 0.366 e. The molecule has 0 N–H and O–H groups in total. The van der Waals surface area contributed by atoms with E-state index < -0.39 is 0 Å². The van der Waals surface area contributed by atoms with E-state index in [1.807, 2.05) is 40.1 Å². The third-order valence-corrected chi connectivity index (χ3v) is 5.43. The predicted molar refractivity (Wildman–Crippen MR) is 103 cm³/mol. The molecule has 0 radical (unpaired) electrons. The normalized spacial score (nSPS) is 14.6. The number of hydrogen-bond donors (Lipinski definition) is 0. The van der Waals surface area contributed by atoms with E-state index in [0.29, 0.717) is 42.6 Å². The van der Waals surface area contributed by atoms with Gasteiger partial charge in [0, 0.05) is 37.0 Å². The quantitative estimate of drug-likeness (QED) is 0.783. The van der Waals surface area contributed by atoms with Gasteiger partial charge in [-0.2, -0.15) is 0 Å². The molecule has 1 amide bonds. The topological polar surface area (TPSA) is 23.6 Å². The summed E-state index contributed by atoms with van der Waals surface area (Å²) in [5.41, 5.74) is 1.74. The Bertz CT molecular complexity index is 735. The van der Waals surface area contributed by atoms with Crippen LogP contribution >= 0.6 is 23.4 Å². The Balaban J connectivity index is 1.45. The van der Waals surface area contributed by atoms with Crippen LogP contribution in [-0.2, 0) is 10.5 Å². The van der Waals surface area contributed by atoms with Crippen molar-refractivity contribution in [1.82, 2.24) is 4.90 Å². The number of hydrogen-bond acceptors (Lipinski definition) is 3. The number of halogens is 2. The summed E-state index contributed by atoms with van der Waals surface area (Å²) in [7, 11) is 0. The molecular formula is C19H20ClFN2OS. The van der Waals surface area contributed by atoms with E-state index in [1.165, 1.54) is 6.07 Å². The van der Waals surface area contributed by atoms with Gasteiger partial charge in [-0.25, -0.2) is 4.39 Å². The number of benzene rings is 2. The Morgan fingerprint density at radius 3 is 2.56 bits per heavy atom. The first kappa shape index (κ1) is 18.1. The van der Waals surface area contributed by atoms with Crippen LogP contribution in [0.1, 0.15) is 5.56 Å². The molecule has 3 nitrogen and oxygen atoms in total. The molecule has 1 aliphatic heterocycles. The number of amides is 1. The maximum absolute atomic E-state index is 13.9. The van der Waals surface area contributed by atoms with Crippen LogP contribution in [0.25, 0.3) is 0 Å². The number of anilines is 1. The van der Waals surface area contributed by atoms with Gasteiger partial charge in [-0.05, 0) is 29.8 Å². The Hall–Kier alpha value is -1.72. The van der Waals surface area contributed by atoms with Crippen LogP contribution in [0.15, 0.2) is 48.5 Å². The minimum Gasteiger partial charge on any atom is -0.366 e. The molecule has 132 valence electrons. The highest BCUT2D eigenvalue weighted by Gasteiger charge is 2.22. The van der Waals surface area contributed by atoms with Gasteiger partial charge < -0.3 is 9.80 Å².